The van der Waals surface area contributed by atoms with E-state index in [1.54, 1.807) is 0 Å². The fourth-order valence-electron chi connectivity index (χ4n) is 0.880. The average Bonchev–Trinajstić information content (AvgIpc) is 2.28. The Balaban J connectivity index is 0. The molecule has 1 rings (SSSR count). The van der Waals surface area contributed by atoms with Gasteiger partial charge in [-0.05, 0) is 13.8 Å². The quantitative estimate of drug-likeness (QED) is 0.761. The molecule has 98 valence electrons. The third-order valence-electron chi connectivity index (χ3n) is 1.91. The van der Waals surface area contributed by atoms with Crippen molar-refractivity contribution in [3.05, 3.63) is 0 Å². The minimum atomic E-state index is -1.55. The van der Waals surface area contributed by atoms with E-state index in [0.29, 0.717) is 0 Å². The van der Waals surface area contributed by atoms with Gasteiger partial charge in [-0.3, -0.25) is 4.79 Å². The van der Waals surface area contributed by atoms with Gasteiger partial charge < -0.3 is 10.8 Å². The highest BCUT2D eigenvalue weighted by molar-refractivity contribution is 5.85. The van der Waals surface area contributed by atoms with Gasteiger partial charge in [-0.15, -0.1) is 12.4 Å². The van der Waals surface area contributed by atoms with Gasteiger partial charge in [0.15, 0.2) is 0 Å². The topological polar surface area (TPSA) is 63.3 Å². The number of carboxylic acids is 1. The summed E-state index contributed by atoms with van der Waals surface area (Å²) in [6.45, 7) is 2.88. The van der Waals surface area contributed by atoms with Crippen LogP contribution in [0.15, 0.2) is 0 Å². The Morgan fingerprint density at radius 1 is 1.25 bits per heavy atom. The van der Waals surface area contributed by atoms with Gasteiger partial charge >= 0.3 is 5.97 Å². The number of carbonyl (C=O) groups is 1. The lowest BCUT2D eigenvalue weighted by atomic mass is 10.1. The van der Waals surface area contributed by atoms with Gasteiger partial charge in [0.05, 0.1) is 0 Å². The van der Waals surface area contributed by atoms with Crippen molar-refractivity contribution < 1.29 is 23.1 Å². The van der Waals surface area contributed by atoms with Gasteiger partial charge in [-0.2, -0.15) is 0 Å². The summed E-state index contributed by atoms with van der Waals surface area (Å²) < 4.78 is 35.8. The normalized spacial score (nSPS) is 28.8. The Morgan fingerprint density at radius 2 is 1.50 bits per heavy atom. The van der Waals surface area contributed by atoms with Crippen LogP contribution in [0.2, 0.25) is 0 Å². The largest absolute Gasteiger partial charge is 0.480 e. The third-order valence-corrected chi connectivity index (χ3v) is 1.91. The molecule has 0 heterocycles. The van der Waals surface area contributed by atoms with Gasteiger partial charge in [0.25, 0.3) is 0 Å². The fourth-order valence-corrected chi connectivity index (χ4v) is 0.880. The number of carboxylic acid groups (broad SMARTS) is 1. The van der Waals surface area contributed by atoms with Crippen LogP contribution < -0.4 is 5.73 Å². The maximum absolute atomic E-state index is 12.0. The van der Waals surface area contributed by atoms with E-state index in [0.717, 1.165) is 0 Å². The SMILES string of the molecule is CC(C)(N)C(=O)O.Cl.FC1CC(F)C(F)C1. The minimum absolute atomic E-state index is 0. The zero-order valence-electron chi connectivity index (χ0n) is 9.12. The van der Waals surface area contributed by atoms with Crippen LogP contribution in [-0.4, -0.2) is 35.1 Å². The van der Waals surface area contributed by atoms with Crippen molar-refractivity contribution in [3.8, 4) is 0 Å². The molecule has 1 saturated carbocycles. The van der Waals surface area contributed by atoms with E-state index in [9.17, 15) is 18.0 Å². The molecule has 1 aliphatic carbocycles. The fraction of sp³-hybridized carbons (Fsp3) is 0.889. The van der Waals surface area contributed by atoms with E-state index in [2.05, 4.69) is 0 Å². The molecule has 2 unspecified atom stereocenters. The third kappa shape index (κ3) is 6.90. The number of halogens is 4. The predicted octanol–water partition coefficient (Wildman–Crippen LogP) is 2.02. The Labute approximate surface area is 98.6 Å². The molecule has 1 aliphatic rings. The first kappa shape index (κ1) is 17.9. The van der Waals surface area contributed by atoms with E-state index < -0.39 is 30.0 Å². The molecule has 0 aliphatic heterocycles. The van der Waals surface area contributed by atoms with Gasteiger partial charge in [0.1, 0.15) is 24.1 Å². The minimum Gasteiger partial charge on any atom is -0.480 e. The molecule has 3 nitrogen and oxygen atoms in total. The summed E-state index contributed by atoms with van der Waals surface area (Å²) in [6, 6.07) is 0. The summed E-state index contributed by atoms with van der Waals surface area (Å²) in [5, 5.41) is 8.12. The van der Waals surface area contributed by atoms with Crippen LogP contribution in [0.3, 0.4) is 0 Å². The molecule has 1 fully saturated rings. The van der Waals surface area contributed by atoms with Gasteiger partial charge in [-0.25, -0.2) is 13.2 Å². The van der Waals surface area contributed by atoms with Gasteiger partial charge in [0.2, 0.25) is 0 Å². The van der Waals surface area contributed by atoms with E-state index >= 15 is 0 Å². The molecular formula is C9H17ClF3NO2. The van der Waals surface area contributed by atoms with Crippen molar-refractivity contribution in [3.63, 3.8) is 0 Å². The van der Waals surface area contributed by atoms with E-state index in [1.807, 2.05) is 0 Å². The molecule has 0 saturated heterocycles. The van der Waals surface area contributed by atoms with Crippen LogP contribution in [0.5, 0.6) is 0 Å². The molecule has 7 heteroatoms. The van der Waals surface area contributed by atoms with Crippen molar-refractivity contribution in [2.45, 2.75) is 50.7 Å². The van der Waals surface area contributed by atoms with Gasteiger partial charge in [0, 0.05) is 12.8 Å². The van der Waals surface area contributed by atoms with Crippen molar-refractivity contribution in [2.75, 3.05) is 0 Å². The Morgan fingerprint density at radius 3 is 1.56 bits per heavy atom. The zero-order chi connectivity index (χ0) is 12.2. The highest BCUT2D eigenvalue weighted by Crippen LogP contribution is 2.27. The number of hydrogen-bond acceptors (Lipinski definition) is 2. The van der Waals surface area contributed by atoms with Crippen LogP contribution in [0.4, 0.5) is 13.2 Å². The molecule has 3 N–H and O–H groups in total. The second-order valence-electron chi connectivity index (χ2n) is 4.13. The molecule has 0 radical (unpaired) electrons. The van der Waals surface area contributed by atoms with Crippen LogP contribution in [-0.2, 0) is 4.79 Å². The molecule has 0 amide bonds. The molecule has 0 bridgehead atoms. The summed E-state index contributed by atoms with van der Waals surface area (Å²) in [6.07, 6.45) is -4.85. The van der Waals surface area contributed by atoms with Crippen molar-refractivity contribution in [1.82, 2.24) is 0 Å². The number of hydrogen-bond donors (Lipinski definition) is 2. The summed E-state index contributed by atoms with van der Waals surface area (Å²) in [5.41, 5.74) is 4.00. The summed E-state index contributed by atoms with van der Waals surface area (Å²) in [7, 11) is 0. The molecule has 2 atom stereocenters. The second kappa shape index (κ2) is 6.96. The first-order chi connectivity index (χ1) is 6.64. The maximum atomic E-state index is 12.0. The van der Waals surface area contributed by atoms with Gasteiger partial charge in [-0.1, -0.05) is 0 Å². The first-order valence-electron chi connectivity index (χ1n) is 4.59. The molecule has 0 aromatic carbocycles. The lowest BCUT2D eigenvalue weighted by Crippen LogP contribution is -2.41. The predicted molar refractivity (Wildman–Crippen MR) is 57.1 cm³/mol. The standard InChI is InChI=1S/C5H7F3.C4H9NO2.ClH/c6-3-1-4(7)5(8)2-3;1-4(2,5)3(6)7;/h3-5H,1-2H2;5H2,1-2H3,(H,6,7);1H. The molecule has 0 aromatic rings. The molecule has 0 aromatic heterocycles. The number of alkyl halides is 3. The summed E-state index contributed by atoms with van der Waals surface area (Å²) in [5.74, 6) is -0.979. The molecule has 16 heavy (non-hydrogen) atoms. The Bertz CT molecular complexity index is 213. The highest BCUT2D eigenvalue weighted by atomic mass is 35.5. The first-order valence-corrected chi connectivity index (χ1v) is 4.59. The smallest absolute Gasteiger partial charge is 0.323 e. The molecular weight excluding hydrogens is 247 g/mol. The maximum Gasteiger partial charge on any atom is 0.323 e. The lowest BCUT2D eigenvalue weighted by molar-refractivity contribution is -0.141. The van der Waals surface area contributed by atoms with Crippen LogP contribution in [0.1, 0.15) is 26.7 Å². The van der Waals surface area contributed by atoms with Crippen LogP contribution in [0.25, 0.3) is 0 Å². The lowest BCUT2D eigenvalue weighted by Gasteiger charge is -2.09. The van der Waals surface area contributed by atoms with E-state index in [-0.39, 0.29) is 25.2 Å². The van der Waals surface area contributed by atoms with Crippen molar-refractivity contribution in [2.24, 2.45) is 5.73 Å². The molecule has 0 spiro atoms. The highest BCUT2D eigenvalue weighted by Gasteiger charge is 2.34. The Kier molecular flexibility index (Phi) is 7.78. The second-order valence-corrected chi connectivity index (χ2v) is 4.13. The average molecular weight is 264 g/mol. The Hall–Kier alpha value is -0.490. The zero-order valence-corrected chi connectivity index (χ0v) is 9.94. The van der Waals surface area contributed by atoms with Crippen LogP contribution >= 0.6 is 12.4 Å². The van der Waals surface area contributed by atoms with Crippen molar-refractivity contribution in [1.29, 1.82) is 0 Å². The van der Waals surface area contributed by atoms with E-state index in [1.165, 1.54) is 13.8 Å². The number of rotatable bonds is 1. The van der Waals surface area contributed by atoms with Crippen molar-refractivity contribution >= 4 is 18.4 Å². The number of nitrogens with two attached hydrogens (primary N) is 1. The van der Waals surface area contributed by atoms with E-state index in [4.69, 9.17) is 10.8 Å². The van der Waals surface area contributed by atoms with Crippen LogP contribution in [0, 0.1) is 0 Å². The summed E-state index contributed by atoms with van der Waals surface area (Å²) >= 11 is 0. The summed E-state index contributed by atoms with van der Waals surface area (Å²) in [4.78, 5) is 9.90. The number of aliphatic carboxylic acids is 1. The monoisotopic (exact) mass is 263 g/mol.